The molecule has 0 aromatic carbocycles. The van der Waals surface area contributed by atoms with Crippen LogP contribution >= 0.6 is 0 Å². The standard InChI is InChI=1S/C11H16F8O3S/c12-8(10(16,17)11(18,19)23(20,21)22)6-4-2-1-3-5-7-9(13,14)15/h8H,1-7H2,(H,20,21,22)/p-1. The van der Waals surface area contributed by atoms with Gasteiger partial charge in [0.25, 0.3) is 0 Å². The van der Waals surface area contributed by atoms with Gasteiger partial charge in [-0.15, -0.1) is 0 Å². The summed E-state index contributed by atoms with van der Waals surface area (Å²) in [5.74, 6) is -5.68. The Morgan fingerprint density at radius 2 is 1.26 bits per heavy atom. The number of hydrogen-bond acceptors (Lipinski definition) is 3. The summed E-state index contributed by atoms with van der Waals surface area (Å²) in [4.78, 5) is 0. The molecular weight excluding hydrogens is 364 g/mol. The topological polar surface area (TPSA) is 57.2 Å². The van der Waals surface area contributed by atoms with Crippen molar-refractivity contribution in [3.63, 3.8) is 0 Å². The van der Waals surface area contributed by atoms with Crippen LogP contribution in [0.3, 0.4) is 0 Å². The summed E-state index contributed by atoms with van der Waals surface area (Å²) >= 11 is 0. The Labute approximate surface area is 127 Å². The molecule has 0 spiro atoms. The lowest BCUT2D eigenvalue weighted by molar-refractivity contribution is -0.198. The maximum atomic E-state index is 13.2. The van der Waals surface area contributed by atoms with Crippen LogP contribution in [-0.2, 0) is 10.1 Å². The molecule has 0 saturated carbocycles. The van der Waals surface area contributed by atoms with Gasteiger partial charge in [-0.2, -0.15) is 30.7 Å². The van der Waals surface area contributed by atoms with Crippen molar-refractivity contribution in [2.24, 2.45) is 0 Å². The maximum absolute atomic E-state index is 13.2. The van der Waals surface area contributed by atoms with Gasteiger partial charge in [0.15, 0.2) is 16.3 Å². The fourth-order valence-corrected chi connectivity index (χ4v) is 2.17. The van der Waals surface area contributed by atoms with Crippen molar-refractivity contribution in [1.29, 1.82) is 0 Å². The summed E-state index contributed by atoms with van der Waals surface area (Å²) in [5.41, 5.74) is 0. The van der Waals surface area contributed by atoms with E-state index in [4.69, 9.17) is 0 Å². The summed E-state index contributed by atoms with van der Waals surface area (Å²) in [6, 6.07) is 0. The molecule has 23 heavy (non-hydrogen) atoms. The van der Waals surface area contributed by atoms with Crippen LogP contribution in [0.2, 0.25) is 0 Å². The Kier molecular flexibility index (Phi) is 7.72. The van der Waals surface area contributed by atoms with E-state index in [2.05, 4.69) is 0 Å². The van der Waals surface area contributed by atoms with E-state index >= 15 is 0 Å². The zero-order chi connectivity index (χ0) is 18.5. The summed E-state index contributed by atoms with van der Waals surface area (Å²) < 4.78 is 130. The molecule has 0 amide bonds. The van der Waals surface area contributed by atoms with Gasteiger partial charge in [0.05, 0.1) is 0 Å². The second-order valence-electron chi connectivity index (χ2n) is 4.98. The van der Waals surface area contributed by atoms with Crippen LogP contribution < -0.4 is 0 Å². The fourth-order valence-electron chi connectivity index (χ4n) is 1.71. The predicted octanol–water partition coefficient (Wildman–Crippen LogP) is 4.39. The van der Waals surface area contributed by atoms with E-state index in [1.807, 2.05) is 0 Å². The summed E-state index contributed by atoms with van der Waals surface area (Å²) in [6.45, 7) is 0. The Morgan fingerprint density at radius 3 is 1.70 bits per heavy atom. The Balaban J connectivity index is 4.23. The number of halogens is 8. The molecule has 0 aliphatic heterocycles. The molecule has 0 bridgehead atoms. The minimum atomic E-state index is -6.74. The predicted molar refractivity (Wildman–Crippen MR) is 62.9 cm³/mol. The van der Waals surface area contributed by atoms with Crippen molar-refractivity contribution in [3.05, 3.63) is 0 Å². The molecule has 0 radical (unpaired) electrons. The molecule has 1 atom stereocenters. The minimum absolute atomic E-state index is 0.00402. The number of unbranched alkanes of at least 4 members (excludes halogenated alkanes) is 4. The van der Waals surface area contributed by atoms with E-state index < -0.39 is 46.5 Å². The highest BCUT2D eigenvalue weighted by molar-refractivity contribution is 7.86. The van der Waals surface area contributed by atoms with Gasteiger partial charge >= 0.3 is 17.4 Å². The zero-order valence-corrected chi connectivity index (χ0v) is 12.5. The van der Waals surface area contributed by atoms with Crippen molar-refractivity contribution in [2.45, 2.75) is 68.5 Å². The minimum Gasteiger partial charge on any atom is -0.743 e. The highest BCUT2D eigenvalue weighted by atomic mass is 32.2. The van der Waals surface area contributed by atoms with E-state index in [9.17, 15) is 48.1 Å². The second-order valence-corrected chi connectivity index (χ2v) is 6.40. The molecule has 0 fully saturated rings. The van der Waals surface area contributed by atoms with Crippen LogP contribution in [-0.4, -0.2) is 36.5 Å². The van der Waals surface area contributed by atoms with E-state index in [1.165, 1.54) is 0 Å². The van der Waals surface area contributed by atoms with Crippen molar-refractivity contribution < 1.29 is 48.1 Å². The monoisotopic (exact) mass is 379 g/mol. The molecule has 0 N–H and O–H groups in total. The number of rotatable bonds is 10. The molecular formula is C11H15F8O3S-. The molecule has 140 valence electrons. The average molecular weight is 379 g/mol. The summed E-state index contributed by atoms with van der Waals surface area (Å²) in [5, 5.41) is -6.08. The van der Waals surface area contributed by atoms with Gasteiger partial charge in [-0.05, 0) is 12.8 Å². The molecule has 1 unspecified atom stereocenters. The zero-order valence-electron chi connectivity index (χ0n) is 11.7. The van der Waals surface area contributed by atoms with Gasteiger partial charge < -0.3 is 4.55 Å². The van der Waals surface area contributed by atoms with Crippen LogP contribution in [0, 0.1) is 0 Å². The summed E-state index contributed by atoms with van der Waals surface area (Å²) in [7, 11) is -6.74. The van der Waals surface area contributed by atoms with Gasteiger partial charge in [0.2, 0.25) is 0 Å². The Morgan fingerprint density at radius 1 is 0.826 bits per heavy atom. The van der Waals surface area contributed by atoms with Crippen molar-refractivity contribution >= 4 is 10.1 Å². The van der Waals surface area contributed by atoms with E-state index in [0.29, 0.717) is 0 Å². The number of hydrogen-bond donors (Lipinski definition) is 0. The first kappa shape index (κ1) is 22.4. The molecule has 0 aromatic rings. The molecule has 0 aliphatic rings. The SMILES string of the molecule is O=S(=O)([O-])C(F)(F)C(F)(F)C(F)CCCCCCCC(F)(F)F. The maximum Gasteiger partial charge on any atom is 0.399 e. The van der Waals surface area contributed by atoms with Gasteiger partial charge in [0.1, 0.15) is 0 Å². The van der Waals surface area contributed by atoms with Gasteiger partial charge in [-0.25, -0.2) is 12.8 Å². The highest BCUT2D eigenvalue weighted by Crippen LogP contribution is 2.43. The molecule has 0 aromatic heterocycles. The van der Waals surface area contributed by atoms with Crippen LogP contribution in [0.25, 0.3) is 0 Å². The van der Waals surface area contributed by atoms with Crippen LogP contribution in [0.5, 0.6) is 0 Å². The molecule has 0 heterocycles. The van der Waals surface area contributed by atoms with E-state index in [1.54, 1.807) is 0 Å². The second kappa shape index (κ2) is 7.95. The third-order valence-electron chi connectivity index (χ3n) is 3.01. The normalized spacial score (nSPS) is 15.7. The molecule has 0 rings (SSSR count). The average Bonchev–Trinajstić information content (AvgIpc) is 2.34. The number of alkyl halides is 8. The van der Waals surface area contributed by atoms with E-state index in [0.717, 1.165) is 0 Å². The third-order valence-corrected chi connectivity index (χ3v) is 3.91. The quantitative estimate of drug-likeness (QED) is 0.321. The van der Waals surface area contributed by atoms with Crippen molar-refractivity contribution in [3.8, 4) is 0 Å². The Bertz CT molecular complexity index is 460. The first-order valence-electron chi connectivity index (χ1n) is 6.55. The van der Waals surface area contributed by atoms with Gasteiger partial charge in [-0.1, -0.05) is 25.7 Å². The highest BCUT2D eigenvalue weighted by Gasteiger charge is 2.66. The third kappa shape index (κ3) is 6.77. The molecule has 3 nitrogen and oxygen atoms in total. The smallest absolute Gasteiger partial charge is 0.399 e. The molecule has 0 saturated heterocycles. The van der Waals surface area contributed by atoms with Crippen molar-refractivity contribution in [2.75, 3.05) is 0 Å². The first-order chi connectivity index (χ1) is 10.1. The first-order valence-corrected chi connectivity index (χ1v) is 7.95. The van der Waals surface area contributed by atoms with Crippen LogP contribution in [0.1, 0.15) is 44.9 Å². The summed E-state index contributed by atoms with van der Waals surface area (Å²) in [6.07, 6.45) is -10.4. The van der Waals surface area contributed by atoms with Crippen LogP contribution in [0.4, 0.5) is 35.1 Å². The van der Waals surface area contributed by atoms with E-state index in [-0.39, 0.29) is 32.1 Å². The molecule has 0 aliphatic carbocycles. The van der Waals surface area contributed by atoms with Gasteiger partial charge in [0, 0.05) is 6.42 Å². The lowest BCUT2D eigenvalue weighted by Crippen LogP contribution is -2.52. The lowest BCUT2D eigenvalue weighted by Gasteiger charge is -2.30. The Hall–Kier alpha value is -0.650. The lowest BCUT2D eigenvalue weighted by atomic mass is 10.0. The van der Waals surface area contributed by atoms with Crippen LogP contribution in [0.15, 0.2) is 0 Å². The fraction of sp³-hybridized carbons (Fsp3) is 1.00. The largest absolute Gasteiger partial charge is 0.743 e. The van der Waals surface area contributed by atoms with Gasteiger partial charge in [-0.3, -0.25) is 0 Å². The van der Waals surface area contributed by atoms with Crippen molar-refractivity contribution in [1.82, 2.24) is 0 Å². The molecule has 12 heteroatoms.